The van der Waals surface area contributed by atoms with Gasteiger partial charge in [0.05, 0.1) is 18.2 Å². The monoisotopic (exact) mass is 355 g/mol. The van der Waals surface area contributed by atoms with Crippen LogP contribution >= 0.6 is 0 Å². The molecule has 6 heteroatoms. The first kappa shape index (κ1) is 18.2. The number of carboxylic acids is 1. The van der Waals surface area contributed by atoms with Gasteiger partial charge < -0.3 is 10.4 Å². The Morgan fingerprint density at radius 3 is 2.69 bits per heavy atom. The van der Waals surface area contributed by atoms with Crippen LogP contribution in [0.25, 0.3) is 0 Å². The lowest BCUT2D eigenvalue weighted by atomic mass is 9.81. The van der Waals surface area contributed by atoms with E-state index in [-0.39, 0.29) is 11.8 Å². The molecule has 1 fully saturated rings. The summed E-state index contributed by atoms with van der Waals surface area (Å²) in [5, 5.41) is 16.5. The molecule has 1 saturated carbocycles. The van der Waals surface area contributed by atoms with Crippen molar-refractivity contribution in [1.29, 1.82) is 0 Å². The summed E-state index contributed by atoms with van der Waals surface area (Å²) in [6.45, 7) is 1.18. The van der Waals surface area contributed by atoms with E-state index in [2.05, 4.69) is 22.5 Å². The van der Waals surface area contributed by atoms with Gasteiger partial charge in [0.2, 0.25) is 5.91 Å². The highest BCUT2D eigenvalue weighted by Gasteiger charge is 2.30. The predicted octanol–water partition coefficient (Wildman–Crippen LogP) is 2.63. The molecular weight excluding hydrogens is 330 g/mol. The maximum atomic E-state index is 12.4. The molecular formula is C20H25N3O3. The van der Waals surface area contributed by atoms with Gasteiger partial charge in [0, 0.05) is 18.7 Å². The van der Waals surface area contributed by atoms with Crippen molar-refractivity contribution in [3.8, 4) is 0 Å². The molecule has 3 rings (SSSR count). The molecule has 1 aromatic carbocycles. The number of aryl methyl sites for hydroxylation is 2. The van der Waals surface area contributed by atoms with Crippen molar-refractivity contribution in [2.24, 2.45) is 11.8 Å². The molecule has 1 heterocycles. The van der Waals surface area contributed by atoms with Gasteiger partial charge in [0.15, 0.2) is 0 Å². The number of aromatic nitrogens is 2. The Balaban J connectivity index is 1.51. The molecule has 138 valence electrons. The first-order valence-corrected chi connectivity index (χ1v) is 9.18. The minimum absolute atomic E-state index is 0.0493. The average Bonchev–Trinajstić information content (AvgIpc) is 3.12. The molecule has 2 N–H and O–H groups in total. The van der Waals surface area contributed by atoms with Crippen LogP contribution in [0.1, 0.15) is 36.9 Å². The zero-order valence-corrected chi connectivity index (χ0v) is 14.8. The predicted molar refractivity (Wildman–Crippen MR) is 97.3 cm³/mol. The van der Waals surface area contributed by atoms with E-state index in [0.29, 0.717) is 19.4 Å². The maximum absolute atomic E-state index is 12.4. The number of rotatable bonds is 7. The molecule has 0 bridgehead atoms. The molecule has 0 saturated heterocycles. The third kappa shape index (κ3) is 4.71. The third-order valence-corrected chi connectivity index (χ3v) is 5.10. The van der Waals surface area contributed by atoms with Gasteiger partial charge in [0.1, 0.15) is 0 Å². The molecule has 0 radical (unpaired) electrons. The molecule has 0 aliphatic heterocycles. The minimum atomic E-state index is -0.790. The second kappa shape index (κ2) is 8.65. The Hall–Kier alpha value is -2.63. The number of carbonyl (C=O) groups is 2. The van der Waals surface area contributed by atoms with E-state index < -0.39 is 11.9 Å². The Kier molecular flexibility index (Phi) is 6.04. The van der Waals surface area contributed by atoms with Crippen molar-refractivity contribution in [3.05, 3.63) is 53.9 Å². The first-order chi connectivity index (χ1) is 12.6. The highest BCUT2D eigenvalue weighted by Crippen LogP contribution is 2.29. The average molecular weight is 355 g/mol. The van der Waals surface area contributed by atoms with Gasteiger partial charge in [0.25, 0.3) is 0 Å². The van der Waals surface area contributed by atoms with Crippen molar-refractivity contribution in [2.45, 2.75) is 45.2 Å². The minimum Gasteiger partial charge on any atom is -0.481 e. The molecule has 2 aromatic rings. The second-order valence-electron chi connectivity index (χ2n) is 6.90. The summed E-state index contributed by atoms with van der Waals surface area (Å²) < 4.78 is 1.91. The lowest BCUT2D eigenvalue weighted by molar-refractivity contribution is -0.144. The van der Waals surface area contributed by atoms with Gasteiger partial charge in [-0.3, -0.25) is 14.3 Å². The van der Waals surface area contributed by atoms with E-state index in [0.717, 1.165) is 31.5 Å². The molecule has 1 aliphatic carbocycles. The summed E-state index contributed by atoms with van der Waals surface area (Å²) >= 11 is 0. The van der Waals surface area contributed by atoms with E-state index in [4.69, 9.17) is 5.11 Å². The van der Waals surface area contributed by atoms with Crippen LogP contribution < -0.4 is 5.32 Å². The van der Waals surface area contributed by atoms with Crippen LogP contribution in [-0.4, -0.2) is 26.8 Å². The smallest absolute Gasteiger partial charge is 0.306 e. The molecule has 6 nitrogen and oxygen atoms in total. The largest absolute Gasteiger partial charge is 0.481 e. The lowest BCUT2D eigenvalue weighted by Crippen LogP contribution is -2.35. The number of hydrogen-bond donors (Lipinski definition) is 2. The van der Waals surface area contributed by atoms with Gasteiger partial charge in [-0.25, -0.2) is 0 Å². The number of benzene rings is 1. The quantitative estimate of drug-likeness (QED) is 0.800. The van der Waals surface area contributed by atoms with Gasteiger partial charge in [-0.1, -0.05) is 36.8 Å². The lowest BCUT2D eigenvalue weighted by Gasteiger charge is -2.25. The highest BCUT2D eigenvalue weighted by molar-refractivity contribution is 5.80. The van der Waals surface area contributed by atoms with Crippen molar-refractivity contribution < 1.29 is 14.7 Å². The standard InChI is InChI=1S/C20H25N3O3/c24-19(16-7-4-8-17(13-16)20(25)26)21-14-18-9-11-22-23(18)12-10-15-5-2-1-3-6-15/h1-3,5-6,9,11,16-17H,4,7-8,10,12-14H2,(H,21,24)(H,25,26). The Labute approximate surface area is 153 Å². The zero-order valence-electron chi connectivity index (χ0n) is 14.8. The topological polar surface area (TPSA) is 84.2 Å². The summed E-state index contributed by atoms with van der Waals surface area (Å²) in [4.78, 5) is 23.6. The number of hydrogen-bond acceptors (Lipinski definition) is 3. The van der Waals surface area contributed by atoms with Gasteiger partial charge >= 0.3 is 5.97 Å². The summed E-state index contributed by atoms with van der Waals surface area (Å²) in [6.07, 6.45) is 5.30. The number of carbonyl (C=O) groups excluding carboxylic acids is 1. The molecule has 2 unspecified atom stereocenters. The van der Waals surface area contributed by atoms with Crippen molar-refractivity contribution >= 4 is 11.9 Å². The fourth-order valence-electron chi connectivity index (χ4n) is 3.57. The fourth-order valence-corrected chi connectivity index (χ4v) is 3.57. The molecule has 1 aliphatic rings. The van der Waals surface area contributed by atoms with Gasteiger partial charge in [-0.15, -0.1) is 0 Å². The third-order valence-electron chi connectivity index (χ3n) is 5.10. The maximum Gasteiger partial charge on any atom is 0.306 e. The summed E-state index contributed by atoms with van der Waals surface area (Å²) in [6, 6.07) is 12.1. The summed E-state index contributed by atoms with van der Waals surface area (Å²) in [5.74, 6) is -1.44. The molecule has 0 spiro atoms. The van der Waals surface area contributed by atoms with Crippen LogP contribution in [0.3, 0.4) is 0 Å². The number of nitrogens with zero attached hydrogens (tertiary/aromatic N) is 2. The summed E-state index contributed by atoms with van der Waals surface area (Å²) in [5.41, 5.74) is 2.21. The number of amides is 1. The number of aliphatic carboxylic acids is 1. The second-order valence-corrected chi connectivity index (χ2v) is 6.90. The molecule has 1 amide bonds. The highest BCUT2D eigenvalue weighted by atomic mass is 16.4. The van der Waals surface area contributed by atoms with Crippen molar-refractivity contribution in [2.75, 3.05) is 0 Å². The van der Waals surface area contributed by atoms with Gasteiger partial charge in [-0.2, -0.15) is 5.10 Å². The van der Waals surface area contributed by atoms with E-state index >= 15 is 0 Å². The Morgan fingerprint density at radius 1 is 1.15 bits per heavy atom. The SMILES string of the molecule is O=C(O)C1CCCC(C(=O)NCc2ccnn2CCc2ccccc2)C1. The Bertz CT molecular complexity index is 742. The molecule has 26 heavy (non-hydrogen) atoms. The number of nitrogens with one attached hydrogen (secondary N) is 1. The van der Waals surface area contributed by atoms with Crippen LogP contribution in [0.5, 0.6) is 0 Å². The van der Waals surface area contributed by atoms with Crippen LogP contribution in [0.15, 0.2) is 42.6 Å². The van der Waals surface area contributed by atoms with E-state index in [1.807, 2.05) is 28.9 Å². The van der Waals surface area contributed by atoms with E-state index in [1.165, 1.54) is 5.56 Å². The van der Waals surface area contributed by atoms with Crippen LogP contribution in [0.4, 0.5) is 0 Å². The van der Waals surface area contributed by atoms with Crippen LogP contribution in [0.2, 0.25) is 0 Å². The fraction of sp³-hybridized carbons (Fsp3) is 0.450. The van der Waals surface area contributed by atoms with E-state index in [9.17, 15) is 9.59 Å². The van der Waals surface area contributed by atoms with Crippen molar-refractivity contribution in [3.63, 3.8) is 0 Å². The molecule has 2 atom stereocenters. The van der Waals surface area contributed by atoms with Crippen molar-refractivity contribution in [1.82, 2.24) is 15.1 Å². The number of carboxylic acid groups (broad SMARTS) is 1. The van der Waals surface area contributed by atoms with Crippen LogP contribution in [0, 0.1) is 11.8 Å². The van der Waals surface area contributed by atoms with E-state index in [1.54, 1.807) is 6.20 Å². The zero-order chi connectivity index (χ0) is 18.4. The Morgan fingerprint density at radius 2 is 1.92 bits per heavy atom. The first-order valence-electron chi connectivity index (χ1n) is 9.18. The molecule has 1 aromatic heterocycles. The normalized spacial score (nSPS) is 19.8. The van der Waals surface area contributed by atoms with Crippen LogP contribution in [-0.2, 0) is 29.1 Å². The van der Waals surface area contributed by atoms with Gasteiger partial charge in [-0.05, 0) is 37.3 Å². The summed E-state index contributed by atoms with van der Waals surface area (Å²) in [7, 11) is 0.